The monoisotopic (exact) mass is 268 g/mol. The summed E-state index contributed by atoms with van der Waals surface area (Å²) in [6, 6.07) is 0. The minimum atomic E-state index is -1.50. The number of Topliss-reactive ketones (excluding diaryl/α,β-unsaturated/α-hetero) is 1. The Bertz CT molecular complexity index is 401. The Morgan fingerprint density at radius 3 is 2.63 bits per heavy atom. The molecular formula is C15H24O4. The van der Waals surface area contributed by atoms with Gasteiger partial charge in [0, 0.05) is 12.3 Å². The van der Waals surface area contributed by atoms with E-state index in [1.807, 2.05) is 26.8 Å². The highest BCUT2D eigenvalue weighted by Crippen LogP contribution is 2.48. The van der Waals surface area contributed by atoms with Crippen LogP contribution in [0.25, 0.3) is 0 Å². The van der Waals surface area contributed by atoms with Gasteiger partial charge in [-0.3, -0.25) is 4.79 Å². The van der Waals surface area contributed by atoms with Crippen molar-refractivity contribution in [3.8, 4) is 0 Å². The number of rotatable bonds is 2. The minimum Gasteiger partial charge on any atom is -0.393 e. The number of ketones is 1. The molecule has 108 valence electrons. The van der Waals surface area contributed by atoms with Crippen LogP contribution in [0.5, 0.6) is 0 Å². The number of aliphatic hydroxyl groups is 3. The number of carbonyl (C=O) groups is 1. The Hall–Kier alpha value is -0.710. The standard InChI is InChI=1S/C15H24O4/c1-8(2)10-5-11-9(3)4-12(17)14(11)15(19,7-16)6-13(10)18/h5,8-9,11-12,14,16-17,19H,4,6-7H2,1-3H3/t9-,11-,12+,14+,15-/m1/s1. The molecule has 0 amide bonds. The summed E-state index contributed by atoms with van der Waals surface area (Å²) >= 11 is 0. The maximum atomic E-state index is 12.3. The average molecular weight is 268 g/mol. The van der Waals surface area contributed by atoms with Gasteiger partial charge in [-0.25, -0.2) is 0 Å². The highest BCUT2D eigenvalue weighted by molar-refractivity contribution is 5.96. The zero-order valence-electron chi connectivity index (χ0n) is 11.8. The normalized spacial score (nSPS) is 43.1. The molecule has 4 heteroatoms. The molecule has 2 aliphatic rings. The molecule has 2 rings (SSSR count). The van der Waals surface area contributed by atoms with E-state index in [1.165, 1.54) is 0 Å². The highest BCUT2D eigenvalue weighted by Gasteiger charge is 2.53. The van der Waals surface area contributed by atoms with Crippen molar-refractivity contribution in [3.05, 3.63) is 11.6 Å². The Balaban J connectivity index is 2.48. The van der Waals surface area contributed by atoms with Crippen molar-refractivity contribution in [2.75, 3.05) is 6.61 Å². The van der Waals surface area contributed by atoms with Gasteiger partial charge < -0.3 is 15.3 Å². The fourth-order valence-electron chi connectivity index (χ4n) is 3.75. The van der Waals surface area contributed by atoms with Crippen molar-refractivity contribution < 1.29 is 20.1 Å². The zero-order valence-corrected chi connectivity index (χ0v) is 11.8. The fraction of sp³-hybridized carbons (Fsp3) is 0.800. The molecular weight excluding hydrogens is 244 g/mol. The summed E-state index contributed by atoms with van der Waals surface area (Å²) < 4.78 is 0. The van der Waals surface area contributed by atoms with Crippen LogP contribution in [0.1, 0.15) is 33.6 Å². The van der Waals surface area contributed by atoms with Gasteiger partial charge in [-0.2, -0.15) is 0 Å². The van der Waals surface area contributed by atoms with Crippen molar-refractivity contribution >= 4 is 5.78 Å². The van der Waals surface area contributed by atoms with E-state index < -0.39 is 24.2 Å². The molecule has 0 unspecified atom stereocenters. The lowest BCUT2D eigenvalue weighted by Crippen LogP contribution is -2.48. The van der Waals surface area contributed by atoms with Gasteiger partial charge in [-0.05, 0) is 29.7 Å². The van der Waals surface area contributed by atoms with E-state index in [1.54, 1.807) is 0 Å². The molecule has 1 saturated carbocycles. The van der Waals surface area contributed by atoms with Crippen LogP contribution in [-0.2, 0) is 4.79 Å². The Morgan fingerprint density at radius 2 is 2.11 bits per heavy atom. The molecule has 2 aliphatic carbocycles. The Kier molecular flexibility index (Phi) is 3.87. The summed E-state index contributed by atoms with van der Waals surface area (Å²) in [5, 5.41) is 30.3. The summed E-state index contributed by atoms with van der Waals surface area (Å²) in [7, 11) is 0. The summed E-state index contributed by atoms with van der Waals surface area (Å²) in [5.74, 6) is -0.305. The van der Waals surface area contributed by atoms with Crippen LogP contribution < -0.4 is 0 Å². The quantitative estimate of drug-likeness (QED) is 0.695. The van der Waals surface area contributed by atoms with E-state index in [2.05, 4.69) is 0 Å². The predicted octanol–water partition coefficient (Wildman–Crippen LogP) is 0.898. The first-order valence-corrected chi connectivity index (χ1v) is 7.06. The van der Waals surface area contributed by atoms with Crippen LogP contribution in [0.15, 0.2) is 11.6 Å². The van der Waals surface area contributed by atoms with Crippen molar-refractivity contribution in [1.29, 1.82) is 0 Å². The molecule has 19 heavy (non-hydrogen) atoms. The molecule has 1 fully saturated rings. The first-order chi connectivity index (χ1) is 8.80. The third-order valence-corrected chi connectivity index (χ3v) is 4.78. The molecule has 5 atom stereocenters. The SMILES string of the molecule is CC(C)C1=C[C@H]2[C@@H]([C@@H](O)C[C@H]2C)[C@](O)(CO)CC1=O. The van der Waals surface area contributed by atoms with E-state index in [0.717, 1.165) is 5.57 Å². The van der Waals surface area contributed by atoms with Gasteiger partial charge in [0.1, 0.15) is 5.60 Å². The van der Waals surface area contributed by atoms with E-state index >= 15 is 0 Å². The van der Waals surface area contributed by atoms with Crippen molar-refractivity contribution in [2.24, 2.45) is 23.7 Å². The Morgan fingerprint density at radius 1 is 1.47 bits per heavy atom. The smallest absolute Gasteiger partial charge is 0.161 e. The largest absolute Gasteiger partial charge is 0.393 e. The molecule has 0 heterocycles. The molecule has 0 saturated heterocycles. The van der Waals surface area contributed by atoms with Gasteiger partial charge in [0.2, 0.25) is 0 Å². The molecule has 4 nitrogen and oxygen atoms in total. The summed E-state index contributed by atoms with van der Waals surface area (Å²) in [4.78, 5) is 12.3. The first kappa shape index (κ1) is 14.7. The van der Waals surface area contributed by atoms with Crippen molar-refractivity contribution in [1.82, 2.24) is 0 Å². The van der Waals surface area contributed by atoms with Crippen molar-refractivity contribution in [2.45, 2.75) is 45.3 Å². The Labute approximate surface area is 114 Å². The van der Waals surface area contributed by atoms with Gasteiger partial charge in [-0.1, -0.05) is 26.8 Å². The molecule has 0 aliphatic heterocycles. The highest BCUT2D eigenvalue weighted by atomic mass is 16.3. The number of fused-ring (bicyclic) bond motifs is 1. The number of allylic oxidation sites excluding steroid dienone is 2. The third kappa shape index (κ3) is 2.37. The number of aliphatic hydroxyl groups excluding tert-OH is 2. The van der Waals surface area contributed by atoms with Gasteiger partial charge >= 0.3 is 0 Å². The summed E-state index contributed by atoms with van der Waals surface area (Å²) in [6.45, 7) is 5.45. The van der Waals surface area contributed by atoms with E-state index in [-0.39, 0.29) is 30.0 Å². The average Bonchev–Trinajstić information content (AvgIpc) is 2.52. The van der Waals surface area contributed by atoms with Gasteiger partial charge in [-0.15, -0.1) is 0 Å². The second-order valence-electron chi connectivity index (χ2n) is 6.52. The maximum Gasteiger partial charge on any atom is 0.161 e. The van der Waals surface area contributed by atoms with Crippen LogP contribution in [-0.4, -0.2) is 39.4 Å². The number of hydrogen-bond acceptors (Lipinski definition) is 4. The predicted molar refractivity (Wildman–Crippen MR) is 71.3 cm³/mol. The number of hydrogen-bond donors (Lipinski definition) is 3. The second kappa shape index (κ2) is 5.00. The topological polar surface area (TPSA) is 77.8 Å². The van der Waals surface area contributed by atoms with Crippen LogP contribution in [0.4, 0.5) is 0 Å². The van der Waals surface area contributed by atoms with Gasteiger partial charge in [0.25, 0.3) is 0 Å². The van der Waals surface area contributed by atoms with Crippen LogP contribution >= 0.6 is 0 Å². The minimum absolute atomic E-state index is 0.0454. The number of carbonyl (C=O) groups excluding carboxylic acids is 1. The third-order valence-electron chi connectivity index (χ3n) is 4.78. The summed E-state index contributed by atoms with van der Waals surface area (Å²) in [6.07, 6.45) is 1.78. The van der Waals surface area contributed by atoms with E-state index in [0.29, 0.717) is 6.42 Å². The molecule has 0 bridgehead atoms. The van der Waals surface area contributed by atoms with Crippen LogP contribution in [0.3, 0.4) is 0 Å². The molecule has 0 radical (unpaired) electrons. The van der Waals surface area contributed by atoms with E-state index in [9.17, 15) is 20.1 Å². The van der Waals surface area contributed by atoms with Crippen LogP contribution in [0.2, 0.25) is 0 Å². The lowest BCUT2D eigenvalue weighted by molar-refractivity contribution is -0.132. The summed E-state index contributed by atoms with van der Waals surface area (Å²) in [5.41, 5.74) is -0.778. The van der Waals surface area contributed by atoms with Crippen molar-refractivity contribution in [3.63, 3.8) is 0 Å². The maximum absolute atomic E-state index is 12.3. The lowest BCUT2D eigenvalue weighted by atomic mass is 9.77. The van der Waals surface area contributed by atoms with Crippen LogP contribution in [0, 0.1) is 23.7 Å². The molecule has 0 aromatic heterocycles. The molecule has 3 N–H and O–H groups in total. The molecule has 0 aromatic carbocycles. The zero-order chi connectivity index (χ0) is 14.4. The van der Waals surface area contributed by atoms with Gasteiger partial charge in [0.15, 0.2) is 5.78 Å². The first-order valence-electron chi connectivity index (χ1n) is 7.06. The van der Waals surface area contributed by atoms with Gasteiger partial charge in [0.05, 0.1) is 12.7 Å². The fourth-order valence-corrected chi connectivity index (χ4v) is 3.75. The molecule has 0 spiro atoms. The van der Waals surface area contributed by atoms with E-state index in [4.69, 9.17) is 0 Å². The molecule has 0 aromatic rings. The second-order valence-corrected chi connectivity index (χ2v) is 6.52. The lowest BCUT2D eigenvalue weighted by Gasteiger charge is -2.35.